The summed E-state index contributed by atoms with van der Waals surface area (Å²) in [6.07, 6.45) is 9.79. The van der Waals surface area contributed by atoms with Crippen molar-refractivity contribution in [2.75, 3.05) is 13.1 Å². The van der Waals surface area contributed by atoms with Crippen molar-refractivity contribution in [1.29, 1.82) is 0 Å². The first kappa shape index (κ1) is 24.1. The molecule has 0 spiro atoms. The van der Waals surface area contributed by atoms with Crippen LogP contribution >= 0.6 is 0 Å². The summed E-state index contributed by atoms with van der Waals surface area (Å²) in [6.45, 7) is 10.9. The number of fused-ring (bicyclic) bond motifs is 5. The van der Waals surface area contributed by atoms with Crippen LogP contribution in [0.2, 0.25) is 0 Å². The Balaban J connectivity index is 1.35. The molecule has 7 heteroatoms. The highest BCUT2D eigenvalue weighted by atomic mass is 16.6. The van der Waals surface area contributed by atoms with Gasteiger partial charge in [0.1, 0.15) is 5.60 Å². The van der Waals surface area contributed by atoms with E-state index in [0.29, 0.717) is 30.8 Å². The van der Waals surface area contributed by atoms with Crippen LogP contribution in [-0.4, -0.2) is 42.6 Å². The van der Waals surface area contributed by atoms with Gasteiger partial charge in [-0.1, -0.05) is 19.9 Å². The Labute approximate surface area is 197 Å². The molecule has 1 heterocycles. The summed E-state index contributed by atoms with van der Waals surface area (Å²) < 4.78 is 5.24. The SMILES string of the molecule is CC(C)(C)OC(=O)NCCNC(=O)[C@H]1CC[C@H]2[C@@H]3CC[C@H]4NC(=O)C=C[C@]4(C)[C@H]3CC[C@]12C. The maximum absolute atomic E-state index is 13.2. The Morgan fingerprint density at radius 1 is 1.06 bits per heavy atom. The van der Waals surface area contributed by atoms with Crippen molar-refractivity contribution in [1.82, 2.24) is 16.0 Å². The van der Waals surface area contributed by atoms with Crippen molar-refractivity contribution in [3.8, 4) is 0 Å². The van der Waals surface area contributed by atoms with Gasteiger partial charge in [-0.05, 0) is 88.5 Å². The molecule has 7 nitrogen and oxygen atoms in total. The molecule has 0 aromatic heterocycles. The van der Waals surface area contributed by atoms with Crippen molar-refractivity contribution in [3.05, 3.63) is 12.2 Å². The van der Waals surface area contributed by atoms with Gasteiger partial charge in [-0.2, -0.15) is 0 Å². The smallest absolute Gasteiger partial charge is 0.407 e. The monoisotopic (exact) mass is 459 g/mol. The molecule has 0 aromatic carbocycles. The van der Waals surface area contributed by atoms with E-state index in [1.165, 1.54) is 0 Å². The molecule has 0 bridgehead atoms. The van der Waals surface area contributed by atoms with Crippen LogP contribution in [0.1, 0.15) is 73.1 Å². The second-order valence-electron chi connectivity index (χ2n) is 12.1. The van der Waals surface area contributed by atoms with E-state index in [2.05, 4.69) is 35.9 Å². The molecule has 4 rings (SSSR count). The van der Waals surface area contributed by atoms with Crippen LogP contribution in [-0.2, 0) is 14.3 Å². The minimum absolute atomic E-state index is 0.0197. The van der Waals surface area contributed by atoms with E-state index in [1.54, 1.807) is 6.08 Å². The molecule has 0 radical (unpaired) electrons. The number of nitrogens with one attached hydrogen (secondary N) is 3. The molecule has 3 saturated carbocycles. The van der Waals surface area contributed by atoms with Gasteiger partial charge in [0.25, 0.3) is 0 Å². The first-order chi connectivity index (χ1) is 15.4. The van der Waals surface area contributed by atoms with Gasteiger partial charge in [-0.25, -0.2) is 4.79 Å². The lowest BCUT2D eigenvalue weighted by atomic mass is 9.48. The molecule has 0 unspecified atom stereocenters. The Kier molecular flexibility index (Phi) is 6.29. The fraction of sp³-hybridized carbons (Fsp3) is 0.808. The van der Waals surface area contributed by atoms with Crippen LogP contribution in [0.15, 0.2) is 12.2 Å². The molecule has 3 aliphatic carbocycles. The van der Waals surface area contributed by atoms with Gasteiger partial charge in [-0.15, -0.1) is 0 Å². The lowest BCUT2D eigenvalue weighted by molar-refractivity contribution is -0.134. The lowest BCUT2D eigenvalue weighted by Crippen LogP contribution is -2.59. The van der Waals surface area contributed by atoms with Gasteiger partial charge in [-0.3, -0.25) is 9.59 Å². The summed E-state index contributed by atoms with van der Waals surface area (Å²) in [5.41, 5.74) is -0.491. The van der Waals surface area contributed by atoms with Gasteiger partial charge in [0, 0.05) is 30.5 Å². The zero-order valence-corrected chi connectivity index (χ0v) is 20.8. The Hall–Kier alpha value is -2.05. The quantitative estimate of drug-likeness (QED) is 0.560. The van der Waals surface area contributed by atoms with Crippen molar-refractivity contribution < 1.29 is 19.1 Å². The largest absolute Gasteiger partial charge is 0.444 e. The van der Waals surface area contributed by atoms with Crippen LogP contribution in [0.3, 0.4) is 0 Å². The topological polar surface area (TPSA) is 96.5 Å². The van der Waals surface area contributed by atoms with E-state index in [-0.39, 0.29) is 34.6 Å². The van der Waals surface area contributed by atoms with Gasteiger partial charge < -0.3 is 20.7 Å². The molecule has 0 aromatic rings. The Morgan fingerprint density at radius 3 is 2.52 bits per heavy atom. The molecule has 3 fully saturated rings. The van der Waals surface area contributed by atoms with Crippen LogP contribution in [0, 0.1) is 34.5 Å². The van der Waals surface area contributed by atoms with Crippen LogP contribution in [0.4, 0.5) is 4.79 Å². The Morgan fingerprint density at radius 2 is 1.79 bits per heavy atom. The number of amides is 3. The fourth-order valence-electron chi connectivity index (χ4n) is 7.55. The van der Waals surface area contributed by atoms with Crippen LogP contribution in [0.25, 0.3) is 0 Å². The molecule has 184 valence electrons. The standard InChI is InChI=1S/C26H41N3O4/c1-24(2,3)33-23(32)28-15-14-27-22(31)19-8-7-17-16-6-9-20-26(5,13-11-21(30)29-20)18(16)10-12-25(17,19)4/h11,13,16-20H,6-10,12,14-15H2,1-5H3,(H,27,31)(H,28,32)(H,29,30)/t16-,17-,18-,19+,20+,25-,26+/m0/s1. The van der Waals surface area contributed by atoms with E-state index >= 15 is 0 Å². The second kappa shape index (κ2) is 8.62. The zero-order chi connectivity index (χ0) is 24.0. The number of alkyl carbamates (subject to hydrolysis) is 1. The third-order valence-electron chi connectivity index (χ3n) is 9.09. The minimum atomic E-state index is -0.533. The van der Waals surface area contributed by atoms with E-state index in [0.717, 1.165) is 38.5 Å². The average Bonchev–Trinajstić information content (AvgIpc) is 3.07. The molecular formula is C26H41N3O4. The fourth-order valence-corrected chi connectivity index (χ4v) is 7.55. The highest BCUT2D eigenvalue weighted by Gasteiger charge is 2.60. The van der Waals surface area contributed by atoms with Crippen LogP contribution in [0.5, 0.6) is 0 Å². The predicted molar refractivity (Wildman–Crippen MR) is 126 cm³/mol. The molecule has 7 atom stereocenters. The van der Waals surface area contributed by atoms with Gasteiger partial charge in [0.2, 0.25) is 11.8 Å². The molecule has 4 aliphatic rings. The van der Waals surface area contributed by atoms with E-state index in [9.17, 15) is 14.4 Å². The molecule has 33 heavy (non-hydrogen) atoms. The predicted octanol–water partition coefficient (Wildman–Crippen LogP) is 3.54. The highest BCUT2D eigenvalue weighted by Crippen LogP contribution is 2.64. The van der Waals surface area contributed by atoms with Crippen LogP contribution < -0.4 is 16.0 Å². The summed E-state index contributed by atoms with van der Waals surface area (Å²) in [6, 6.07) is 0.235. The summed E-state index contributed by atoms with van der Waals surface area (Å²) in [4.78, 5) is 36.9. The van der Waals surface area contributed by atoms with E-state index in [4.69, 9.17) is 4.74 Å². The second-order valence-corrected chi connectivity index (χ2v) is 12.1. The van der Waals surface area contributed by atoms with E-state index in [1.807, 2.05) is 20.8 Å². The molecule has 3 amide bonds. The highest BCUT2D eigenvalue weighted by molar-refractivity contribution is 5.89. The summed E-state index contributed by atoms with van der Waals surface area (Å²) in [7, 11) is 0. The van der Waals surface area contributed by atoms with Crippen molar-refractivity contribution in [2.45, 2.75) is 84.8 Å². The Bertz CT molecular complexity index is 834. The molecular weight excluding hydrogens is 418 g/mol. The first-order valence-electron chi connectivity index (χ1n) is 12.7. The summed E-state index contributed by atoms with van der Waals surface area (Å²) >= 11 is 0. The summed E-state index contributed by atoms with van der Waals surface area (Å²) in [5, 5.41) is 8.98. The van der Waals surface area contributed by atoms with Gasteiger partial charge >= 0.3 is 6.09 Å². The lowest BCUT2D eigenvalue weighted by Gasteiger charge is -2.58. The maximum Gasteiger partial charge on any atom is 0.407 e. The van der Waals surface area contributed by atoms with Gasteiger partial charge in [0.05, 0.1) is 0 Å². The number of hydrogen-bond donors (Lipinski definition) is 3. The van der Waals surface area contributed by atoms with Gasteiger partial charge in [0.15, 0.2) is 0 Å². The van der Waals surface area contributed by atoms with Crippen molar-refractivity contribution in [3.63, 3.8) is 0 Å². The molecule has 1 aliphatic heterocycles. The average molecular weight is 460 g/mol. The summed E-state index contributed by atoms with van der Waals surface area (Å²) in [5.74, 6) is 1.90. The van der Waals surface area contributed by atoms with Crippen molar-refractivity contribution in [2.24, 2.45) is 34.5 Å². The van der Waals surface area contributed by atoms with Crippen molar-refractivity contribution >= 4 is 17.9 Å². The maximum atomic E-state index is 13.2. The van der Waals surface area contributed by atoms with E-state index < -0.39 is 11.7 Å². The first-order valence-corrected chi connectivity index (χ1v) is 12.7. The number of hydrogen-bond acceptors (Lipinski definition) is 4. The number of rotatable bonds is 4. The minimum Gasteiger partial charge on any atom is -0.444 e. The third kappa shape index (κ3) is 4.52. The molecule has 3 N–H and O–H groups in total. The third-order valence-corrected chi connectivity index (χ3v) is 9.09. The normalized spacial score (nSPS) is 39.5. The number of carbonyl (C=O) groups is 3. The zero-order valence-electron chi connectivity index (χ0n) is 20.8. The number of ether oxygens (including phenoxy) is 1. The number of carbonyl (C=O) groups excluding carboxylic acids is 3. The molecule has 0 saturated heterocycles.